The second kappa shape index (κ2) is 11.8. The van der Waals surface area contributed by atoms with Gasteiger partial charge < -0.3 is 10.1 Å². The van der Waals surface area contributed by atoms with Crippen molar-refractivity contribution in [1.82, 2.24) is 20.3 Å². The molecule has 0 atom stereocenters. The van der Waals surface area contributed by atoms with E-state index in [4.69, 9.17) is 4.74 Å². The van der Waals surface area contributed by atoms with E-state index in [0.717, 1.165) is 37.8 Å². The van der Waals surface area contributed by atoms with E-state index in [-0.39, 0.29) is 17.0 Å². The normalized spacial score (nSPS) is 12.9. The average molecular weight is 423 g/mol. The van der Waals surface area contributed by atoms with E-state index in [1.54, 1.807) is 0 Å². The van der Waals surface area contributed by atoms with Gasteiger partial charge in [-0.25, -0.2) is 4.68 Å². The van der Waals surface area contributed by atoms with Crippen LogP contribution in [0.3, 0.4) is 0 Å². The lowest BCUT2D eigenvalue weighted by Crippen LogP contribution is -2.32. The molecule has 0 fully saturated rings. The quantitative estimate of drug-likeness (QED) is 0.396. The van der Waals surface area contributed by atoms with Crippen molar-refractivity contribution in [3.8, 4) is 0 Å². The van der Waals surface area contributed by atoms with Gasteiger partial charge in [0.25, 0.3) is 0 Å². The van der Waals surface area contributed by atoms with Crippen LogP contribution in [0.1, 0.15) is 112 Å². The van der Waals surface area contributed by atoms with Crippen LogP contribution in [-0.4, -0.2) is 33.1 Å². The molecule has 1 amide bonds. The molecule has 174 valence electrons. The van der Waals surface area contributed by atoms with E-state index in [1.165, 1.54) is 12.8 Å². The van der Waals surface area contributed by atoms with Gasteiger partial charge in [0.1, 0.15) is 5.69 Å². The molecule has 1 heterocycles. The highest BCUT2D eigenvalue weighted by atomic mass is 16.5. The third-order valence-corrected chi connectivity index (χ3v) is 5.57. The summed E-state index contributed by atoms with van der Waals surface area (Å²) in [5.74, 6) is 0.0887. The molecule has 30 heavy (non-hydrogen) atoms. The molecule has 0 spiro atoms. The minimum absolute atomic E-state index is 0.0887. The van der Waals surface area contributed by atoms with Gasteiger partial charge in [0.05, 0.1) is 23.9 Å². The zero-order chi connectivity index (χ0) is 22.8. The number of hydrogen-bond acceptors (Lipinski definition) is 4. The summed E-state index contributed by atoms with van der Waals surface area (Å²) in [5, 5.41) is 11.5. The largest absolute Gasteiger partial charge is 0.375 e. The lowest BCUT2D eigenvalue weighted by atomic mass is 9.86. The maximum Gasteiger partial charge on any atom is 0.220 e. The number of ether oxygens (including phenoxy) is 1. The van der Waals surface area contributed by atoms with Crippen LogP contribution in [0.5, 0.6) is 0 Å². The van der Waals surface area contributed by atoms with Crippen LogP contribution < -0.4 is 5.32 Å². The SMILES string of the molecule is CCCCCCC(=O)NCc1cn(C(C)(C)CCOC(C)(C)CCC(C)(C)C)nn1. The number of nitrogens with one attached hydrogen (secondary N) is 1. The van der Waals surface area contributed by atoms with Gasteiger partial charge in [0.15, 0.2) is 0 Å². The van der Waals surface area contributed by atoms with Crippen molar-refractivity contribution in [2.45, 2.75) is 124 Å². The van der Waals surface area contributed by atoms with Crippen molar-refractivity contribution >= 4 is 5.91 Å². The molecule has 0 unspecified atom stereocenters. The highest BCUT2D eigenvalue weighted by molar-refractivity contribution is 5.75. The van der Waals surface area contributed by atoms with E-state index >= 15 is 0 Å². The van der Waals surface area contributed by atoms with Crippen molar-refractivity contribution in [2.24, 2.45) is 5.41 Å². The van der Waals surface area contributed by atoms with Crippen LogP contribution in [0.4, 0.5) is 0 Å². The van der Waals surface area contributed by atoms with E-state index in [9.17, 15) is 4.79 Å². The predicted molar refractivity (Wildman–Crippen MR) is 123 cm³/mol. The Kier molecular flexibility index (Phi) is 10.5. The van der Waals surface area contributed by atoms with Crippen LogP contribution in [0.2, 0.25) is 0 Å². The third kappa shape index (κ3) is 11.1. The fourth-order valence-corrected chi connectivity index (χ4v) is 3.10. The molecule has 1 aromatic rings. The van der Waals surface area contributed by atoms with Gasteiger partial charge in [-0.3, -0.25) is 4.79 Å². The molecule has 0 aromatic carbocycles. The number of rotatable bonds is 14. The Bertz CT molecular complexity index is 629. The Labute approximate surface area is 184 Å². The molecule has 6 nitrogen and oxygen atoms in total. The predicted octanol–water partition coefficient (Wildman–Crippen LogP) is 5.61. The Balaban J connectivity index is 2.43. The fraction of sp³-hybridized carbons (Fsp3) is 0.875. The fourth-order valence-electron chi connectivity index (χ4n) is 3.10. The summed E-state index contributed by atoms with van der Waals surface area (Å²) >= 11 is 0. The summed E-state index contributed by atoms with van der Waals surface area (Å²) in [6.45, 7) is 18.7. The van der Waals surface area contributed by atoms with Crippen molar-refractivity contribution in [3.63, 3.8) is 0 Å². The molecule has 0 aliphatic rings. The molecular formula is C24H46N4O2. The topological polar surface area (TPSA) is 69.0 Å². The lowest BCUT2D eigenvalue weighted by molar-refractivity contribution is -0.121. The maximum atomic E-state index is 12.0. The molecule has 1 aromatic heterocycles. The standard InChI is InChI=1S/C24H46N4O2/c1-9-10-11-12-13-21(29)25-18-20-19-28(27-26-20)23(5,6)16-17-30-24(7,8)15-14-22(2,3)4/h19H,9-18H2,1-8H3,(H,25,29). The van der Waals surface area contributed by atoms with Gasteiger partial charge in [0, 0.05) is 13.0 Å². The first-order valence-electron chi connectivity index (χ1n) is 11.7. The van der Waals surface area contributed by atoms with Crippen LogP contribution in [0.25, 0.3) is 0 Å². The van der Waals surface area contributed by atoms with Gasteiger partial charge in [-0.05, 0) is 58.8 Å². The minimum Gasteiger partial charge on any atom is -0.375 e. The second-order valence-corrected chi connectivity index (χ2v) is 11.0. The Morgan fingerprint density at radius 3 is 2.37 bits per heavy atom. The molecule has 0 aliphatic carbocycles. The van der Waals surface area contributed by atoms with Crippen LogP contribution in [-0.2, 0) is 21.6 Å². The van der Waals surface area contributed by atoms with E-state index in [2.05, 4.69) is 71.0 Å². The van der Waals surface area contributed by atoms with Gasteiger partial charge >= 0.3 is 0 Å². The van der Waals surface area contributed by atoms with E-state index in [0.29, 0.717) is 25.0 Å². The monoisotopic (exact) mass is 422 g/mol. The zero-order valence-corrected chi connectivity index (χ0v) is 20.8. The highest BCUT2D eigenvalue weighted by Crippen LogP contribution is 2.28. The van der Waals surface area contributed by atoms with Crippen LogP contribution in [0, 0.1) is 5.41 Å². The van der Waals surface area contributed by atoms with Crippen molar-refractivity contribution < 1.29 is 9.53 Å². The number of amides is 1. The first-order valence-corrected chi connectivity index (χ1v) is 11.7. The first-order chi connectivity index (χ1) is 13.8. The van der Waals surface area contributed by atoms with Gasteiger partial charge in [-0.1, -0.05) is 52.2 Å². The van der Waals surface area contributed by atoms with Crippen molar-refractivity contribution in [1.29, 1.82) is 0 Å². The smallest absolute Gasteiger partial charge is 0.220 e. The molecule has 1 N–H and O–H groups in total. The maximum absolute atomic E-state index is 12.0. The van der Waals surface area contributed by atoms with Gasteiger partial charge in [-0.15, -0.1) is 5.10 Å². The molecule has 1 rings (SSSR count). The minimum atomic E-state index is -0.199. The highest BCUT2D eigenvalue weighted by Gasteiger charge is 2.26. The summed E-state index contributed by atoms with van der Waals surface area (Å²) in [7, 11) is 0. The third-order valence-electron chi connectivity index (χ3n) is 5.57. The number of nitrogens with zero attached hydrogens (tertiary/aromatic N) is 3. The van der Waals surface area contributed by atoms with Crippen molar-refractivity contribution in [2.75, 3.05) is 6.61 Å². The lowest BCUT2D eigenvalue weighted by Gasteiger charge is -2.31. The van der Waals surface area contributed by atoms with Gasteiger partial charge in [-0.2, -0.15) is 0 Å². The van der Waals surface area contributed by atoms with Crippen LogP contribution in [0.15, 0.2) is 6.20 Å². The number of hydrogen-bond donors (Lipinski definition) is 1. The van der Waals surface area contributed by atoms with Crippen molar-refractivity contribution in [3.05, 3.63) is 11.9 Å². The Morgan fingerprint density at radius 2 is 1.73 bits per heavy atom. The molecular weight excluding hydrogens is 376 g/mol. The first kappa shape index (κ1) is 26.6. The second-order valence-electron chi connectivity index (χ2n) is 11.0. The Morgan fingerprint density at radius 1 is 1.03 bits per heavy atom. The zero-order valence-electron chi connectivity index (χ0n) is 20.8. The summed E-state index contributed by atoms with van der Waals surface area (Å²) in [5.41, 5.74) is 0.784. The molecule has 0 aliphatic heterocycles. The molecule has 0 radical (unpaired) electrons. The summed E-state index contributed by atoms with van der Waals surface area (Å²) < 4.78 is 8.09. The molecule has 0 saturated carbocycles. The van der Waals surface area contributed by atoms with Gasteiger partial charge in [0.2, 0.25) is 5.91 Å². The summed E-state index contributed by atoms with van der Waals surface area (Å²) in [6, 6.07) is 0. The van der Waals surface area contributed by atoms with E-state index in [1.807, 2.05) is 10.9 Å². The summed E-state index contributed by atoms with van der Waals surface area (Å²) in [6.07, 6.45) is 9.98. The summed E-state index contributed by atoms with van der Waals surface area (Å²) in [4.78, 5) is 12.0. The molecule has 6 heteroatoms. The Hall–Kier alpha value is -1.43. The number of carbonyl (C=O) groups is 1. The number of carbonyl (C=O) groups excluding carboxylic acids is 1. The molecule has 0 saturated heterocycles. The van der Waals surface area contributed by atoms with E-state index < -0.39 is 0 Å². The van der Waals surface area contributed by atoms with Crippen LogP contribution >= 0.6 is 0 Å². The molecule has 0 bridgehead atoms. The number of aromatic nitrogens is 3. The average Bonchev–Trinajstić information content (AvgIpc) is 3.11. The number of unbranched alkanes of at least 4 members (excludes halogenated alkanes) is 3.